The summed E-state index contributed by atoms with van der Waals surface area (Å²) in [5.74, 6) is 0.846. The topological polar surface area (TPSA) is 21.3 Å². The number of rotatable bonds is 3. The van der Waals surface area contributed by atoms with Gasteiger partial charge in [0.2, 0.25) is 0 Å². The summed E-state index contributed by atoms with van der Waals surface area (Å²) in [5, 5.41) is 3.39. The average Bonchev–Trinajstić information content (AvgIpc) is 3.11. The van der Waals surface area contributed by atoms with E-state index >= 15 is 0 Å². The SMILES string of the molecule is CCOc1cccc2c1N[C@H](c1ccccc1C(F)(F)F)[C@@H]1CC=C[C@H]21. The lowest BCUT2D eigenvalue weighted by Crippen LogP contribution is -2.31. The second-order valence-corrected chi connectivity index (χ2v) is 6.71. The molecule has 0 amide bonds. The highest BCUT2D eigenvalue weighted by atomic mass is 19.4. The minimum Gasteiger partial charge on any atom is -0.492 e. The van der Waals surface area contributed by atoms with E-state index in [-0.39, 0.29) is 11.8 Å². The Hall–Kier alpha value is -2.43. The molecule has 0 saturated carbocycles. The van der Waals surface area contributed by atoms with Crippen LogP contribution in [0, 0.1) is 5.92 Å². The molecule has 2 aromatic rings. The Bertz CT molecular complexity index is 843. The summed E-state index contributed by atoms with van der Waals surface area (Å²) in [6.45, 7) is 2.41. The first-order valence-electron chi connectivity index (χ1n) is 8.85. The van der Waals surface area contributed by atoms with Crippen molar-refractivity contribution >= 4 is 5.69 Å². The van der Waals surface area contributed by atoms with E-state index in [0.29, 0.717) is 17.9 Å². The second-order valence-electron chi connectivity index (χ2n) is 6.71. The van der Waals surface area contributed by atoms with Crippen LogP contribution in [0.5, 0.6) is 5.75 Å². The van der Waals surface area contributed by atoms with Crippen molar-refractivity contribution in [2.24, 2.45) is 5.92 Å². The number of ether oxygens (including phenoxy) is 1. The number of anilines is 1. The highest BCUT2D eigenvalue weighted by Crippen LogP contribution is 2.53. The molecule has 1 heterocycles. The number of halogens is 3. The number of hydrogen-bond acceptors (Lipinski definition) is 2. The molecule has 0 saturated heterocycles. The highest BCUT2D eigenvalue weighted by Gasteiger charge is 2.43. The van der Waals surface area contributed by atoms with E-state index in [0.717, 1.165) is 17.7 Å². The van der Waals surface area contributed by atoms with Gasteiger partial charge in [0.25, 0.3) is 0 Å². The minimum absolute atomic E-state index is 0.0582. The molecular weight excluding hydrogens is 339 g/mol. The zero-order valence-electron chi connectivity index (χ0n) is 14.4. The van der Waals surface area contributed by atoms with Gasteiger partial charge in [-0.2, -0.15) is 13.2 Å². The van der Waals surface area contributed by atoms with Crippen molar-refractivity contribution in [2.75, 3.05) is 11.9 Å². The zero-order chi connectivity index (χ0) is 18.3. The lowest BCUT2D eigenvalue weighted by atomic mass is 9.76. The standard InChI is InChI=1S/C21H20F3NO/c1-2-26-18-12-6-10-15-13-8-5-9-14(13)19(25-20(15)18)16-7-3-4-11-17(16)21(22,23)24/h3-8,10-14,19,25H,2,9H2,1H3/t13-,14+,19-/m0/s1. The molecule has 1 aliphatic heterocycles. The summed E-state index contributed by atoms with van der Waals surface area (Å²) < 4.78 is 46.5. The maximum Gasteiger partial charge on any atom is 0.416 e. The Balaban J connectivity index is 1.84. The van der Waals surface area contributed by atoms with Gasteiger partial charge >= 0.3 is 6.18 Å². The van der Waals surface area contributed by atoms with Crippen LogP contribution in [0.1, 0.15) is 42.0 Å². The van der Waals surface area contributed by atoms with E-state index < -0.39 is 17.8 Å². The van der Waals surface area contributed by atoms with Crippen molar-refractivity contribution in [3.05, 3.63) is 71.3 Å². The Kier molecular flexibility index (Phi) is 4.17. The number of para-hydroxylation sites is 1. The van der Waals surface area contributed by atoms with Crippen molar-refractivity contribution in [1.29, 1.82) is 0 Å². The molecule has 136 valence electrons. The van der Waals surface area contributed by atoms with Crippen LogP contribution in [-0.2, 0) is 6.18 Å². The summed E-state index contributed by atoms with van der Waals surface area (Å²) in [5.41, 5.74) is 1.63. The van der Waals surface area contributed by atoms with Gasteiger partial charge in [-0.05, 0) is 42.5 Å². The van der Waals surface area contributed by atoms with Crippen molar-refractivity contribution < 1.29 is 17.9 Å². The van der Waals surface area contributed by atoms with E-state index in [1.807, 2.05) is 25.1 Å². The van der Waals surface area contributed by atoms with Gasteiger partial charge in [0.15, 0.2) is 0 Å². The number of nitrogens with one attached hydrogen (secondary N) is 1. The van der Waals surface area contributed by atoms with Crippen LogP contribution in [-0.4, -0.2) is 6.61 Å². The van der Waals surface area contributed by atoms with Crippen LogP contribution in [0.3, 0.4) is 0 Å². The fourth-order valence-corrected chi connectivity index (χ4v) is 4.20. The molecule has 0 aromatic heterocycles. The first kappa shape index (κ1) is 17.0. The second kappa shape index (κ2) is 6.38. The molecule has 0 radical (unpaired) electrons. The fourth-order valence-electron chi connectivity index (χ4n) is 4.20. The maximum atomic E-state index is 13.6. The maximum absolute atomic E-state index is 13.6. The summed E-state index contributed by atoms with van der Waals surface area (Å²) in [4.78, 5) is 0. The van der Waals surface area contributed by atoms with Crippen molar-refractivity contribution in [3.63, 3.8) is 0 Å². The first-order valence-corrected chi connectivity index (χ1v) is 8.85. The van der Waals surface area contributed by atoms with Gasteiger partial charge in [-0.1, -0.05) is 42.5 Å². The van der Waals surface area contributed by atoms with E-state index in [1.165, 1.54) is 12.1 Å². The third-order valence-corrected chi connectivity index (χ3v) is 5.26. The average molecular weight is 359 g/mol. The Morgan fingerprint density at radius 3 is 2.62 bits per heavy atom. The van der Waals surface area contributed by atoms with Gasteiger partial charge in [0, 0.05) is 5.92 Å². The number of alkyl halides is 3. The normalized spacial score (nSPS) is 23.9. The van der Waals surface area contributed by atoms with Crippen molar-refractivity contribution in [2.45, 2.75) is 31.5 Å². The number of hydrogen-bond donors (Lipinski definition) is 1. The summed E-state index contributed by atoms with van der Waals surface area (Å²) >= 11 is 0. The zero-order valence-corrected chi connectivity index (χ0v) is 14.4. The molecular formula is C21H20F3NO. The lowest BCUT2D eigenvalue weighted by molar-refractivity contribution is -0.138. The predicted molar refractivity (Wildman–Crippen MR) is 95.4 cm³/mol. The Morgan fingerprint density at radius 2 is 1.85 bits per heavy atom. The third kappa shape index (κ3) is 2.75. The summed E-state index contributed by atoms with van der Waals surface area (Å²) in [7, 11) is 0. The van der Waals surface area contributed by atoms with Gasteiger partial charge in [0.05, 0.1) is 23.9 Å². The molecule has 5 heteroatoms. The van der Waals surface area contributed by atoms with Crippen LogP contribution < -0.4 is 10.1 Å². The predicted octanol–water partition coefficient (Wildman–Crippen LogP) is 5.93. The number of fused-ring (bicyclic) bond motifs is 3. The van der Waals surface area contributed by atoms with Gasteiger partial charge in [-0.3, -0.25) is 0 Å². The summed E-state index contributed by atoms with van der Waals surface area (Å²) in [6, 6.07) is 11.3. The number of benzene rings is 2. The fraction of sp³-hybridized carbons (Fsp3) is 0.333. The molecule has 0 unspecified atom stereocenters. The molecule has 2 aliphatic rings. The van der Waals surface area contributed by atoms with Crippen LogP contribution in [0.4, 0.5) is 18.9 Å². The Morgan fingerprint density at radius 1 is 1.08 bits per heavy atom. The molecule has 0 fully saturated rings. The van der Waals surface area contributed by atoms with Gasteiger partial charge in [0.1, 0.15) is 5.75 Å². The quantitative estimate of drug-likeness (QED) is 0.686. The van der Waals surface area contributed by atoms with E-state index in [4.69, 9.17) is 4.74 Å². The van der Waals surface area contributed by atoms with Crippen LogP contribution in [0.25, 0.3) is 0 Å². The molecule has 26 heavy (non-hydrogen) atoms. The van der Waals surface area contributed by atoms with Crippen LogP contribution in [0.2, 0.25) is 0 Å². The van der Waals surface area contributed by atoms with Gasteiger partial charge < -0.3 is 10.1 Å². The molecule has 0 spiro atoms. The third-order valence-electron chi connectivity index (χ3n) is 5.26. The van der Waals surface area contributed by atoms with E-state index in [1.54, 1.807) is 12.1 Å². The largest absolute Gasteiger partial charge is 0.492 e. The molecule has 3 atom stereocenters. The van der Waals surface area contributed by atoms with Gasteiger partial charge in [-0.15, -0.1) is 0 Å². The number of allylic oxidation sites excluding steroid dienone is 2. The lowest BCUT2D eigenvalue weighted by Gasteiger charge is -2.39. The highest BCUT2D eigenvalue weighted by molar-refractivity contribution is 5.68. The Labute approximate surface area is 150 Å². The molecule has 1 N–H and O–H groups in total. The van der Waals surface area contributed by atoms with E-state index in [2.05, 4.69) is 17.5 Å². The van der Waals surface area contributed by atoms with Gasteiger partial charge in [-0.25, -0.2) is 0 Å². The monoisotopic (exact) mass is 359 g/mol. The molecule has 4 rings (SSSR count). The first-order chi connectivity index (χ1) is 12.5. The smallest absolute Gasteiger partial charge is 0.416 e. The molecule has 0 bridgehead atoms. The summed E-state index contributed by atoms with van der Waals surface area (Å²) in [6.07, 6.45) is 0.568. The van der Waals surface area contributed by atoms with E-state index in [9.17, 15) is 13.2 Å². The van der Waals surface area contributed by atoms with Crippen LogP contribution >= 0.6 is 0 Å². The molecule has 2 nitrogen and oxygen atoms in total. The minimum atomic E-state index is -4.38. The van der Waals surface area contributed by atoms with Crippen molar-refractivity contribution in [1.82, 2.24) is 0 Å². The van der Waals surface area contributed by atoms with Crippen molar-refractivity contribution in [3.8, 4) is 5.75 Å². The molecule has 1 aliphatic carbocycles. The van der Waals surface area contributed by atoms with Crippen LogP contribution in [0.15, 0.2) is 54.6 Å². The molecule has 2 aromatic carbocycles.